The van der Waals surface area contributed by atoms with E-state index in [0.717, 1.165) is 26.2 Å². The lowest BCUT2D eigenvalue weighted by Gasteiger charge is -2.39. The summed E-state index contributed by atoms with van der Waals surface area (Å²) in [4.78, 5) is 11.1. The van der Waals surface area contributed by atoms with E-state index in [1.54, 1.807) is 0 Å². The molecule has 0 radical (unpaired) electrons. The lowest BCUT2D eigenvalue weighted by Crippen LogP contribution is -2.51. The Morgan fingerprint density at radius 3 is 2.80 bits per heavy atom. The van der Waals surface area contributed by atoms with Gasteiger partial charge in [0.05, 0.1) is 5.69 Å². The molecule has 1 aliphatic heterocycles. The molecule has 1 atom stereocenters. The highest BCUT2D eigenvalue weighted by Crippen LogP contribution is 2.28. The Kier molecular flexibility index (Phi) is 5.41. The van der Waals surface area contributed by atoms with Gasteiger partial charge in [0.2, 0.25) is 0 Å². The van der Waals surface area contributed by atoms with E-state index in [0.29, 0.717) is 12.1 Å². The van der Waals surface area contributed by atoms with Crippen LogP contribution in [-0.2, 0) is 6.54 Å². The van der Waals surface area contributed by atoms with Crippen molar-refractivity contribution in [2.24, 2.45) is 0 Å². The van der Waals surface area contributed by atoms with Gasteiger partial charge in [0.15, 0.2) is 5.13 Å². The minimum atomic E-state index is 0.521. The zero-order valence-corrected chi connectivity index (χ0v) is 14.3. The molecular formula is C15H28N4S. The highest BCUT2D eigenvalue weighted by atomic mass is 32.1. The predicted molar refractivity (Wildman–Crippen MR) is 87.7 cm³/mol. The van der Waals surface area contributed by atoms with Gasteiger partial charge in [-0.25, -0.2) is 4.98 Å². The smallest absolute Gasteiger partial charge is 0.185 e. The molecule has 0 aliphatic carbocycles. The Morgan fingerprint density at radius 2 is 2.15 bits per heavy atom. The molecule has 0 bridgehead atoms. The Labute approximate surface area is 127 Å². The van der Waals surface area contributed by atoms with Crippen LogP contribution < -0.4 is 10.2 Å². The van der Waals surface area contributed by atoms with Crippen molar-refractivity contribution in [3.05, 3.63) is 10.6 Å². The Morgan fingerprint density at radius 1 is 1.40 bits per heavy atom. The molecule has 1 saturated heterocycles. The number of nitrogens with one attached hydrogen (secondary N) is 1. The van der Waals surface area contributed by atoms with Crippen molar-refractivity contribution in [3.8, 4) is 0 Å². The summed E-state index contributed by atoms with van der Waals surface area (Å²) in [5, 5.41) is 4.69. The molecule has 4 nitrogen and oxygen atoms in total. The first kappa shape index (κ1) is 15.7. The first-order chi connectivity index (χ1) is 9.51. The fraction of sp³-hybridized carbons (Fsp3) is 0.800. The van der Waals surface area contributed by atoms with Gasteiger partial charge < -0.3 is 10.2 Å². The average Bonchev–Trinajstić information content (AvgIpc) is 2.78. The van der Waals surface area contributed by atoms with Gasteiger partial charge in [0.25, 0.3) is 0 Å². The van der Waals surface area contributed by atoms with Crippen molar-refractivity contribution in [3.63, 3.8) is 0 Å². The first-order valence-corrected chi connectivity index (χ1v) is 8.47. The van der Waals surface area contributed by atoms with Crippen LogP contribution in [0.25, 0.3) is 0 Å². The normalized spacial score (nSPS) is 20.9. The second kappa shape index (κ2) is 6.87. The number of hydrogen-bond acceptors (Lipinski definition) is 5. The summed E-state index contributed by atoms with van der Waals surface area (Å²) in [5.74, 6) is 0. The number of piperazine rings is 1. The Bertz CT molecular complexity index is 430. The minimum Gasteiger partial charge on any atom is -0.345 e. The summed E-state index contributed by atoms with van der Waals surface area (Å²) in [5.41, 5.74) is 1.19. The molecule has 1 unspecified atom stereocenters. The summed E-state index contributed by atoms with van der Waals surface area (Å²) >= 11 is 1.86. The maximum Gasteiger partial charge on any atom is 0.185 e. The minimum absolute atomic E-state index is 0.521. The molecule has 0 spiro atoms. The van der Waals surface area contributed by atoms with E-state index >= 15 is 0 Å². The highest BCUT2D eigenvalue weighted by Gasteiger charge is 2.25. The Hall–Kier alpha value is -0.650. The fourth-order valence-corrected chi connectivity index (χ4v) is 3.62. The van der Waals surface area contributed by atoms with Crippen LogP contribution >= 0.6 is 11.3 Å². The van der Waals surface area contributed by atoms with Crippen molar-refractivity contribution in [1.29, 1.82) is 0 Å². The van der Waals surface area contributed by atoms with Crippen molar-refractivity contribution in [2.75, 3.05) is 31.6 Å². The maximum absolute atomic E-state index is 4.79. The number of nitrogens with zero attached hydrogens (tertiary/aromatic N) is 3. The van der Waals surface area contributed by atoms with Crippen LogP contribution in [0.4, 0.5) is 5.13 Å². The topological polar surface area (TPSA) is 31.4 Å². The van der Waals surface area contributed by atoms with Crippen molar-refractivity contribution in [1.82, 2.24) is 15.2 Å². The number of aromatic nitrogens is 1. The third-order valence-electron chi connectivity index (χ3n) is 4.07. The zero-order chi connectivity index (χ0) is 14.7. The molecule has 0 aromatic carbocycles. The lowest BCUT2D eigenvalue weighted by molar-refractivity contribution is 0.213. The molecule has 2 rings (SSSR count). The van der Waals surface area contributed by atoms with E-state index in [1.807, 2.05) is 11.3 Å². The van der Waals surface area contributed by atoms with Crippen LogP contribution in [0.3, 0.4) is 0 Å². The fourth-order valence-electron chi connectivity index (χ4n) is 2.57. The molecular weight excluding hydrogens is 268 g/mol. The van der Waals surface area contributed by atoms with Crippen molar-refractivity contribution in [2.45, 2.75) is 52.7 Å². The first-order valence-electron chi connectivity index (χ1n) is 7.66. The number of hydrogen-bond donors (Lipinski definition) is 1. The number of anilines is 1. The molecule has 2 heterocycles. The molecule has 0 saturated carbocycles. The van der Waals surface area contributed by atoms with Crippen LogP contribution in [0.5, 0.6) is 0 Å². The molecule has 1 N–H and O–H groups in total. The second-order valence-corrected chi connectivity index (χ2v) is 7.09. The van der Waals surface area contributed by atoms with E-state index in [-0.39, 0.29) is 0 Å². The number of likely N-dealkylation sites (N-methyl/N-ethyl adjacent to an activating group) is 1. The van der Waals surface area contributed by atoms with E-state index in [1.165, 1.54) is 22.1 Å². The summed E-state index contributed by atoms with van der Waals surface area (Å²) < 4.78 is 0. The lowest BCUT2D eigenvalue weighted by atomic mass is 10.1. The van der Waals surface area contributed by atoms with Gasteiger partial charge in [0, 0.05) is 43.1 Å². The van der Waals surface area contributed by atoms with Gasteiger partial charge in [0.1, 0.15) is 0 Å². The molecule has 5 heteroatoms. The molecule has 1 aromatic rings. The third kappa shape index (κ3) is 3.71. The monoisotopic (exact) mass is 296 g/mol. The van der Waals surface area contributed by atoms with E-state index in [9.17, 15) is 0 Å². The largest absolute Gasteiger partial charge is 0.345 e. The average molecular weight is 296 g/mol. The third-order valence-corrected chi connectivity index (χ3v) is 5.29. The molecule has 1 aliphatic rings. The van der Waals surface area contributed by atoms with Crippen LogP contribution in [0, 0.1) is 6.92 Å². The van der Waals surface area contributed by atoms with Crippen LogP contribution in [0.1, 0.15) is 37.8 Å². The van der Waals surface area contributed by atoms with Gasteiger partial charge in [-0.3, -0.25) is 4.90 Å². The number of thiazole rings is 1. The SMILES string of the molecule is CCC1CN(c2nc(C)c(CNC(C)C)s2)CCN1C. The standard InChI is InChI=1S/C15H28N4S/c1-6-13-10-19(8-7-18(13)5)15-17-12(4)14(20-15)9-16-11(2)3/h11,13,16H,6-10H2,1-5H3. The molecule has 0 amide bonds. The quantitative estimate of drug-likeness (QED) is 0.904. The highest BCUT2D eigenvalue weighted by molar-refractivity contribution is 7.15. The summed E-state index contributed by atoms with van der Waals surface area (Å²) in [6, 6.07) is 1.18. The molecule has 1 fully saturated rings. The van der Waals surface area contributed by atoms with Crippen LogP contribution in [-0.4, -0.2) is 48.6 Å². The van der Waals surface area contributed by atoms with Crippen LogP contribution in [0.15, 0.2) is 0 Å². The molecule has 1 aromatic heterocycles. The Balaban J connectivity index is 2.04. The van der Waals surface area contributed by atoms with Gasteiger partial charge in [-0.15, -0.1) is 11.3 Å². The van der Waals surface area contributed by atoms with Gasteiger partial charge in [-0.05, 0) is 20.4 Å². The molecule has 114 valence electrons. The van der Waals surface area contributed by atoms with Gasteiger partial charge in [-0.1, -0.05) is 20.8 Å². The van der Waals surface area contributed by atoms with E-state index in [2.05, 4.69) is 49.9 Å². The summed E-state index contributed by atoms with van der Waals surface area (Å²) in [6.45, 7) is 13.0. The number of aryl methyl sites for hydroxylation is 1. The maximum atomic E-state index is 4.79. The van der Waals surface area contributed by atoms with Crippen LogP contribution in [0.2, 0.25) is 0 Å². The predicted octanol–water partition coefficient (Wildman–Crippen LogP) is 2.48. The van der Waals surface area contributed by atoms with Crippen molar-refractivity contribution < 1.29 is 0 Å². The summed E-state index contributed by atoms with van der Waals surface area (Å²) in [6.07, 6.45) is 1.21. The summed E-state index contributed by atoms with van der Waals surface area (Å²) in [7, 11) is 2.23. The van der Waals surface area contributed by atoms with Gasteiger partial charge >= 0.3 is 0 Å². The number of rotatable bonds is 5. The van der Waals surface area contributed by atoms with E-state index < -0.39 is 0 Å². The second-order valence-electron chi connectivity index (χ2n) is 6.03. The van der Waals surface area contributed by atoms with Crippen molar-refractivity contribution >= 4 is 16.5 Å². The van der Waals surface area contributed by atoms with E-state index in [4.69, 9.17) is 4.98 Å². The van der Waals surface area contributed by atoms with Gasteiger partial charge in [-0.2, -0.15) is 0 Å². The zero-order valence-electron chi connectivity index (χ0n) is 13.4. The molecule has 20 heavy (non-hydrogen) atoms.